The van der Waals surface area contributed by atoms with Crippen molar-refractivity contribution in [3.63, 3.8) is 0 Å². The Morgan fingerprint density at radius 2 is 2.05 bits per heavy atom. The molecule has 0 atom stereocenters. The van der Waals surface area contributed by atoms with Crippen LogP contribution in [0.1, 0.15) is 12.8 Å². The zero-order chi connectivity index (χ0) is 14.6. The maximum Gasteiger partial charge on any atom is 0.573 e. The molecule has 112 valence electrons. The molecule has 1 aromatic rings. The van der Waals surface area contributed by atoms with Gasteiger partial charge in [0, 0.05) is 6.54 Å². The summed E-state index contributed by atoms with van der Waals surface area (Å²) in [4.78, 5) is 0. The molecule has 1 N–H and O–H groups in total. The first-order valence-corrected chi connectivity index (χ1v) is 7.12. The van der Waals surface area contributed by atoms with Crippen LogP contribution in [0.25, 0.3) is 0 Å². The van der Waals surface area contributed by atoms with E-state index in [2.05, 4.69) is 26.0 Å². The SMILES string of the molecule is FC(F)(F)Oc1ccc(OCCNCC2CC2)cc1Br. The van der Waals surface area contributed by atoms with Crippen molar-refractivity contribution in [2.45, 2.75) is 19.2 Å². The number of rotatable bonds is 7. The standard InChI is InChI=1S/C13H15BrF3NO2/c14-11-7-10(3-4-12(11)20-13(15,16)17)19-6-5-18-8-9-1-2-9/h3-4,7,9,18H,1-2,5-6,8H2. The van der Waals surface area contributed by atoms with Crippen LogP contribution in [0.15, 0.2) is 22.7 Å². The van der Waals surface area contributed by atoms with Gasteiger partial charge in [0.05, 0.1) is 4.47 Å². The van der Waals surface area contributed by atoms with Crippen LogP contribution >= 0.6 is 15.9 Å². The summed E-state index contributed by atoms with van der Waals surface area (Å²) in [5.41, 5.74) is 0. The fourth-order valence-electron chi connectivity index (χ4n) is 1.65. The van der Waals surface area contributed by atoms with Crippen molar-refractivity contribution in [2.24, 2.45) is 5.92 Å². The first-order chi connectivity index (χ1) is 9.44. The highest BCUT2D eigenvalue weighted by atomic mass is 79.9. The molecule has 0 amide bonds. The molecule has 0 radical (unpaired) electrons. The molecule has 1 aliphatic rings. The van der Waals surface area contributed by atoms with Crippen molar-refractivity contribution in [3.8, 4) is 11.5 Å². The molecule has 0 aliphatic heterocycles. The molecule has 20 heavy (non-hydrogen) atoms. The van der Waals surface area contributed by atoms with Gasteiger partial charge in [0.15, 0.2) is 0 Å². The fraction of sp³-hybridized carbons (Fsp3) is 0.538. The Morgan fingerprint density at radius 1 is 1.30 bits per heavy atom. The van der Waals surface area contributed by atoms with Gasteiger partial charge in [0.2, 0.25) is 0 Å². The van der Waals surface area contributed by atoms with Gasteiger partial charge in [-0.15, -0.1) is 13.2 Å². The average molecular weight is 354 g/mol. The summed E-state index contributed by atoms with van der Waals surface area (Å²) in [7, 11) is 0. The number of nitrogens with one attached hydrogen (secondary N) is 1. The second-order valence-electron chi connectivity index (χ2n) is 4.64. The topological polar surface area (TPSA) is 30.5 Å². The smallest absolute Gasteiger partial charge is 0.492 e. The Kier molecular flexibility index (Phi) is 5.15. The monoisotopic (exact) mass is 353 g/mol. The van der Waals surface area contributed by atoms with Crippen molar-refractivity contribution in [1.82, 2.24) is 5.32 Å². The van der Waals surface area contributed by atoms with Gasteiger partial charge in [0.1, 0.15) is 18.1 Å². The highest BCUT2D eigenvalue weighted by Crippen LogP contribution is 2.33. The summed E-state index contributed by atoms with van der Waals surface area (Å²) in [6, 6.07) is 4.14. The lowest BCUT2D eigenvalue weighted by Gasteiger charge is -2.12. The van der Waals surface area contributed by atoms with E-state index in [0.717, 1.165) is 19.0 Å². The predicted octanol–water partition coefficient (Wildman–Crippen LogP) is 3.73. The van der Waals surface area contributed by atoms with E-state index < -0.39 is 6.36 Å². The van der Waals surface area contributed by atoms with E-state index in [4.69, 9.17) is 4.74 Å². The Labute approximate surface area is 123 Å². The second-order valence-corrected chi connectivity index (χ2v) is 5.49. The first-order valence-electron chi connectivity index (χ1n) is 6.33. The van der Waals surface area contributed by atoms with Gasteiger partial charge in [-0.25, -0.2) is 0 Å². The van der Waals surface area contributed by atoms with E-state index in [-0.39, 0.29) is 10.2 Å². The Bertz CT molecular complexity index is 450. The predicted molar refractivity (Wildman–Crippen MR) is 71.9 cm³/mol. The van der Waals surface area contributed by atoms with Gasteiger partial charge < -0.3 is 14.8 Å². The minimum Gasteiger partial charge on any atom is -0.492 e. The summed E-state index contributed by atoms with van der Waals surface area (Å²) in [6.45, 7) is 2.19. The minimum absolute atomic E-state index is 0.207. The van der Waals surface area contributed by atoms with Crippen molar-refractivity contribution < 1.29 is 22.6 Å². The number of hydrogen-bond acceptors (Lipinski definition) is 3. The second kappa shape index (κ2) is 6.67. The molecule has 1 aliphatic carbocycles. The van der Waals surface area contributed by atoms with E-state index in [1.807, 2.05) is 0 Å². The van der Waals surface area contributed by atoms with Crippen LogP contribution in [0, 0.1) is 5.92 Å². The molecule has 7 heteroatoms. The van der Waals surface area contributed by atoms with Gasteiger partial charge in [-0.1, -0.05) is 0 Å². The highest BCUT2D eigenvalue weighted by molar-refractivity contribution is 9.10. The Hall–Kier alpha value is -0.950. The van der Waals surface area contributed by atoms with Crippen molar-refractivity contribution in [1.29, 1.82) is 0 Å². The maximum atomic E-state index is 12.1. The van der Waals surface area contributed by atoms with E-state index >= 15 is 0 Å². The Morgan fingerprint density at radius 3 is 2.65 bits per heavy atom. The van der Waals surface area contributed by atoms with Crippen LogP contribution in [-0.2, 0) is 0 Å². The van der Waals surface area contributed by atoms with Gasteiger partial charge in [-0.05, 0) is 59.4 Å². The molecule has 0 spiro atoms. The van der Waals surface area contributed by atoms with E-state index in [9.17, 15) is 13.2 Å². The summed E-state index contributed by atoms with van der Waals surface area (Å²) in [6.07, 6.45) is -2.11. The maximum absolute atomic E-state index is 12.1. The highest BCUT2D eigenvalue weighted by Gasteiger charge is 2.32. The summed E-state index contributed by atoms with van der Waals surface area (Å²) in [5.74, 6) is 1.03. The molecule has 1 fully saturated rings. The van der Waals surface area contributed by atoms with Crippen LogP contribution in [-0.4, -0.2) is 26.1 Å². The lowest BCUT2D eigenvalue weighted by Crippen LogP contribution is -2.23. The van der Waals surface area contributed by atoms with Crippen LogP contribution in [0.3, 0.4) is 0 Å². The molecule has 2 rings (SSSR count). The molecule has 0 saturated heterocycles. The van der Waals surface area contributed by atoms with Crippen molar-refractivity contribution >= 4 is 15.9 Å². The third-order valence-corrected chi connectivity index (χ3v) is 3.43. The normalized spacial score (nSPS) is 15.2. The molecule has 1 aromatic carbocycles. The van der Waals surface area contributed by atoms with Crippen molar-refractivity contribution in [3.05, 3.63) is 22.7 Å². The largest absolute Gasteiger partial charge is 0.573 e. The molecular formula is C13H15BrF3NO2. The van der Waals surface area contributed by atoms with Gasteiger partial charge >= 0.3 is 6.36 Å². The molecular weight excluding hydrogens is 339 g/mol. The molecule has 3 nitrogen and oxygen atoms in total. The van der Waals surface area contributed by atoms with Crippen molar-refractivity contribution in [2.75, 3.05) is 19.7 Å². The van der Waals surface area contributed by atoms with Crippen LogP contribution < -0.4 is 14.8 Å². The molecule has 1 saturated carbocycles. The third kappa shape index (κ3) is 5.58. The number of hydrogen-bond donors (Lipinski definition) is 1. The van der Waals surface area contributed by atoms with E-state index in [1.54, 1.807) is 0 Å². The van der Waals surface area contributed by atoms with Gasteiger partial charge in [0.25, 0.3) is 0 Å². The van der Waals surface area contributed by atoms with Crippen LogP contribution in [0.5, 0.6) is 11.5 Å². The number of benzene rings is 1. The summed E-state index contributed by atoms with van der Waals surface area (Å²) < 4.78 is 45.8. The van der Waals surface area contributed by atoms with E-state index in [0.29, 0.717) is 12.4 Å². The third-order valence-electron chi connectivity index (χ3n) is 2.81. The zero-order valence-corrected chi connectivity index (χ0v) is 12.3. The van der Waals surface area contributed by atoms with Gasteiger partial charge in [-0.2, -0.15) is 0 Å². The molecule has 0 bridgehead atoms. The quantitative estimate of drug-likeness (QED) is 0.757. The van der Waals surface area contributed by atoms with Crippen LogP contribution in [0.4, 0.5) is 13.2 Å². The average Bonchev–Trinajstić information content (AvgIpc) is 3.14. The van der Waals surface area contributed by atoms with Crippen LogP contribution in [0.2, 0.25) is 0 Å². The number of ether oxygens (including phenoxy) is 2. The Balaban J connectivity index is 1.75. The van der Waals surface area contributed by atoms with E-state index in [1.165, 1.54) is 31.0 Å². The first kappa shape index (κ1) is 15.4. The molecule has 0 unspecified atom stereocenters. The number of alkyl halides is 3. The zero-order valence-electron chi connectivity index (χ0n) is 10.7. The lowest BCUT2D eigenvalue weighted by atomic mass is 10.3. The lowest BCUT2D eigenvalue weighted by molar-refractivity contribution is -0.274. The van der Waals surface area contributed by atoms with Gasteiger partial charge in [-0.3, -0.25) is 0 Å². The molecule has 0 aromatic heterocycles. The fourth-order valence-corrected chi connectivity index (χ4v) is 2.09. The summed E-state index contributed by atoms with van der Waals surface area (Å²) >= 11 is 3.03. The summed E-state index contributed by atoms with van der Waals surface area (Å²) in [5, 5.41) is 3.26. The minimum atomic E-state index is -4.70. The number of halogens is 4. The molecule has 0 heterocycles.